The lowest BCUT2D eigenvalue weighted by Gasteiger charge is -2.33. The van der Waals surface area contributed by atoms with Gasteiger partial charge in [-0.3, -0.25) is 24.3 Å². The molecule has 0 spiro atoms. The molecule has 4 N–H and O–H groups in total. The highest BCUT2D eigenvalue weighted by molar-refractivity contribution is 6.37. The maximum absolute atomic E-state index is 13.4. The summed E-state index contributed by atoms with van der Waals surface area (Å²) in [5, 5.41) is 6.72. The predicted octanol–water partition coefficient (Wildman–Crippen LogP) is 1.15. The lowest BCUT2D eigenvalue weighted by Crippen LogP contribution is -2.45. The minimum absolute atomic E-state index is 0.137. The van der Waals surface area contributed by atoms with E-state index in [4.69, 9.17) is 5.84 Å². The Morgan fingerprint density at radius 2 is 1.79 bits per heavy atom. The Labute approximate surface area is 198 Å². The number of fused-ring (bicyclic) bond motifs is 1. The summed E-state index contributed by atoms with van der Waals surface area (Å²) in [4.78, 5) is 48.7. The van der Waals surface area contributed by atoms with Crippen molar-refractivity contribution >= 4 is 36.2 Å². The molecule has 11 heteroatoms. The Balaban J connectivity index is 1.49. The molecule has 0 bridgehead atoms. The fourth-order valence-corrected chi connectivity index (χ4v) is 4.97. The minimum Gasteiger partial charge on any atom is -0.342 e. The SMILES string of the molecule is CC(=O)N/C(C)=C/N(N)C1CCC([B]n2c(=O)n(C3CCC(=O)NC3=O)c3ccccc32)CC1. The van der Waals surface area contributed by atoms with Crippen molar-refractivity contribution in [1.29, 1.82) is 0 Å². The normalized spacial score (nSPS) is 23.5. The summed E-state index contributed by atoms with van der Waals surface area (Å²) in [6.07, 6.45) is 5.67. The van der Waals surface area contributed by atoms with Gasteiger partial charge in [0, 0.05) is 31.3 Å². The van der Waals surface area contributed by atoms with Crippen molar-refractivity contribution in [3.8, 4) is 0 Å². The van der Waals surface area contributed by atoms with Gasteiger partial charge < -0.3 is 14.8 Å². The summed E-state index contributed by atoms with van der Waals surface area (Å²) in [6.45, 7) is 3.25. The number of amides is 3. The predicted molar refractivity (Wildman–Crippen MR) is 128 cm³/mol. The number of imidazole rings is 1. The molecule has 3 amide bonds. The second-order valence-electron chi connectivity index (χ2n) is 9.14. The van der Waals surface area contributed by atoms with Crippen molar-refractivity contribution in [2.45, 2.75) is 70.3 Å². The molecule has 2 aromatic rings. The fraction of sp³-hybridized carbons (Fsp3) is 0.478. The molecular formula is C23H30BN6O4. The largest absolute Gasteiger partial charge is 0.342 e. The van der Waals surface area contributed by atoms with E-state index in [0.29, 0.717) is 17.6 Å². The number of allylic oxidation sites excluding steroid dienone is 1. The van der Waals surface area contributed by atoms with Gasteiger partial charge >= 0.3 is 5.69 Å². The van der Waals surface area contributed by atoms with Crippen LogP contribution in [-0.2, 0) is 14.4 Å². The molecular weight excluding hydrogens is 435 g/mol. The van der Waals surface area contributed by atoms with Gasteiger partial charge in [-0.05, 0) is 44.1 Å². The number of aromatic nitrogens is 2. The van der Waals surface area contributed by atoms with Crippen LogP contribution >= 0.6 is 0 Å². The third-order valence-electron chi connectivity index (χ3n) is 6.57. The molecule has 1 radical (unpaired) electrons. The number of carbonyl (C=O) groups is 3. The van der Waals surface area contributed by atoms with Gasteiger partial charge in [0.2, 0.25) is 17.7 Å². The van der Waals surface area contributed by atoms with Gasteiger partial charge in [-0.1, -0.05) is 25.0 Å². The molecule has 2 aliphatic rings. The van der Waals surface area contributed by atoms with E-state index in [9.17, 15) is 19.2 Å². The summed E-state index contributed by atoms with van der Waals surface area (Å²) in [6, 6.07) is 6.86. The zero-order valence-corrected chi connectivity index (χ0v) is 19.5. The first-order valence-corrected chi connectivity index (χ1v) is 11.6. The van der Waals surface area contributed by atoms with Crippen molar-refractivity contribution in [3.63, 3.8) is 0 Å². The number of hydrazine groups is 1. The fourth-order valence-electron chi connectivity index (χ4n) is 4.97. The van der Waals surface area contributed by atoms with Crippen LogP contribution in [0.4, 0.5) is 0 Å². The number of hydrogen-bond acceptors (Lipinski definition) is 6. The third-order valence-corrected chi connectivity index (χ3v) is 6.57. The lowest BCUT2D eigenvalue weighted by molar-refractivity contribution is -0.135. The molecule has 1 saturated heterocycles. The molecule has 1 aliphatic heterocycles. The van der Waals surface area contributed by atoms with Crippen LogP contribution < -0.4 is 22.2 Å². The molecule has 1 aliphatic carbocycles. The van der Waals surface area contributed by atoms with Crippen LogP contribution in [0.15, 0.2) is 41.0 Å². The van der Waals surface area contributed by atoms with E-state index >= 15 is 0 Å². The number of nitrogens with zero attached hydrogens (tertiary/aromatic N) is 3. The van der Waals surface area contributed by atoms with E-state index in [-0.39, 0.29) is 35.8 Å². The van der Waals surface area contributed by atoms with E-state index < -0.39 is 11.9 Å². The molecule has 2 fully saturated rings. The number of carbonyl (C=O) groups excluding carboxylic acids is 3. The number of nitrogens with two attached hydrogens (primary N) is 1. The lowest BCUT2D eigenvalue weighted by atomic mass is 9.66. The van der Waals surface area contributed by atoms with Crippen LogP contribution in [0, 0.1) is 0 Å². The summed E-state index contributed by atoms with van der Waals surface area (Å²) < 4.78 is 3.15. The van der Waals surface area contributed by atoms with E-state index in [2.05, 4.69) is 10.6 Å². The number of piperidine rings is 1. The second-order valence-corrected chi connectivity index (χ2v) is 9.14. The van der Waals surface area contributed by atoms with Crippen LogP contribution in [0.25, 0.3) is 11.0 Å². The summed E-state index contributed by atoms with van der Waals surface area (Å²) >= 11 is 0. The third kappa shape index (κ3) is 4.94. The van der Waals surface area contributed by atoms with Gasteiger partial charge in [0.1, 0.15) is 6.04 Å². The van der Waals surface area contributed by atoms with E-state index in [1.807, 2.05) is 31.7 Å². The van der Waals surface area contributed by atoms with E-state index in [1.54, 1.807) is 22.6 Å². The Morgan fingerprint density at radius 3 is 2.44 bits per heavy atom. The van der Waals surface area contributed by atoms with Crippen LogP contribution in [0.5, 0.6) is 0 Å². The van der Waals surface area contributed by atoms with Gasteiger partial charge in [0.25, 0.3) is 7.41 Å². The Hall–Kier alpha value is -3.34. The molecule has 10 nitrogen and oxygen atoms in total. The van der Waals surface area contributed by atoms with Gasteiger partial charge in [-0.15, -0.1) is 0 Å². The monoisotopic (exact) mass is 465 g/mol. The standard InChI is InChI=1S/C23H30BN6O4/c1-14(26-15(2)31)13-28(25)17-9-7-16(8-10-17)24-30-19-6-4-3-5-18(19)29(23(30)34)20-11-12-21(32)27-22(20)33/h3-6,13,16-17,20H,7-12,25H2,1-2H3,(H,26,31)(H,27,32,33)/b14-13+. The van der Waals surface area contributed by atoms with Crippen LogP contribution in [0.2, 0.25) is 5.82 Å². The topological polar surface area (TPSA) is 131 Å². The summed E-state index contributed by atoms with van der Waals surface area (Å²) in [5.74, 6) is 5.51. The van der Waals surface area contributed by atoms with Gasteiger partial charge in [0.15, 0.2) is 0 Å². The number of imide groups is 1. The number of nitrogens with one attached hydrogen (secondary N) is 2. The second kappa shape index (κ2) is 9.88. The Morgan fingerprint density at radius 1 is 1.12 bits per heavy atom. The molecule has 1 aromatic carbocycles. The number of para-hydroxylation sites is 2. The Kier molecular flexibility index (Phi) is 6.92. The molecule has 179 valence electrons. The summed E-state index contributed by atoms with van der Waals surface area (Å²) in [5.41, 5.74) is 1.84. The molecule has 2 heterocycles. The zero-order chi connectivity index (χ0) is 24.4. The zero-order valence-electron chi connectivity index (χ0n) is 19.5. The first-order chi connectivity index (χ1) is 16.2. The smallest absolute Gasteiger partial charge is 0.317 e. The Bertz CT molecular complexity index is 1190. The number of hydrogen-bond donors (Lipinski definition) is 3. The first-order valence-electron chi connectivity index (χ1n) is 11.6. The van der Waals surface area contributed by atoms with E-state index in [0.717, 1.165) is 31.2 Å². The molecule has 1 aromatic heterocycles. The maximum Gasteiger partial charge on any atom is 0.317 e. The van der Waals surface area contributed by atoms with E-state index in [1.165, 1.54) is 11.5 Å². The summed E-state index contributed by atoms with van der Waals surface area (Å²) in [7, 11) is 1.96. The van der Waals surface area contributed by atoms with Gasteiger partial charge in [-0.2, -0.15) is 0 Å². The minimum atomic E-state index is -0.704. The molecule has 1 atom stereocenters. The first kappa shape index (κ1) is 23.8. The highest BCUT2D eigenvalue weighted by Gasteiger charge is 2.32. The van der Waals surface area contributed by atoms with Crippen LogP contribution in [-0.4, -0.2) is 45.2 Å². The molecule has 4 rings (SSSR count). The maximum atomic E-state index is 13.4. The molecule has 34 heavy (non-hydrogen) atoms. The van der Waals surface area contributed by atoms with Crippen LogP contribution in [0.1, 0.15) is 58.4 Å². The van der Waals surface area contributed by atoms with Gasteiger partial charge in [0.05, 0.1) is 11.0 Å². The average Bonchev–Trinajstić information content (AvgIpc) is 3.05. The molecule has 1 saturated carbocycles. The number of rotatable bonds is 6. The van der Waals surface area contributed by atoms with Gasteiger partial charge in [-0.25, -0.2) is 10.6 Å². The number of benzene rings is 1. The van der Waals surface area contributed by atoms with Crippen molar-refractivity contribution in [1.82, 2.24) is 24.7 Å². The van der Waals surface area contributed by atoms with Crippen LogP contribution in [0.3, 0.4) is 0 Å². The van der Waals surface area contributed by atoms with Crippen molar-refractivity contribution in [3.05, 3.63) is 46.6 Å². The highest BCUT2D eigenvalue weighted by Crippen LogP contribution is 2.31. The quantitative estimate of drug-likeness (QED) is 0.254. The van der Waals surface area contributed by atoms with Crippen molar-refractivity contribution in [2.24, 2.45) is 5.84 Å². The van der Waals surface area contributed by atoms with Crippen molar-refractivity contribution < 1.29 is 14.4 Å². The van der Waals surface area contributed by atoms with Crippen molar-refractivity contribution in [2.75, 3.05) is 0 Å². The highest BCUT2D eigenvalue weighted by atomic mass is 16.2. The average molecular weight is 465 g/mol. The molecule has 1 unspecified atom stereocenters.